The summed E-state index contributed by atoms with van der Waals surface area (Å²) < 4.78 is 5.51. The van der Waals surface area contributed by atoms with Gasteiger partial charge in [-0.2, -0.15) is 0 Å². The number of nitrogens with one attached hydrogen (secondary N) is 1. The molecule has 3 N–H and O–H groups in total. The number of aliphatic carboxylic acids is 1. The van der Waals surface area contributed by atoms with E-state index in [1.54, 1.807) is 12.2 Å². The minimum Gasteiger partial charge on any atom is -0.481 e. The van der Waals surface area contributed by atoms with Gasteiger partial charge in [-0.15, -0.1) is 0 Å². The predicted octanol–water partition coefficient (Wildman–Crippen LogP) is 0.138. The minimum atomic E-state index is -0.958. The van der Waals surface area contributed by atoms with Gasteiger partial charge in [0.1, 0.15) is 6.10 Å². The van der Waals surface area contributed by atoms with Crippen molar-refractivity contribution in [2.45, 2.75) is 50.4 Å². The van der Waals surface area contributed by atoms with Crippen LogP contribution < -0.4 is 5.32 Å². The molecule has 1 amide bonds. The van der Waals surface area contributed by atoms with Crippen LogP contribution in [0, 0.1) is 0 Å². The van der Waals surface area contributed by atoms with E-state index < -0.39 is 24.2 Å². The van der Waals surface area contributed by atoms with Gasteiger partial charge < -0.3 is 25.2 Å². The normalized spacial score (nSPS) is 28.5. The van der Waals surface area contributed by atoms with E-state index in [1.165, 1.54) is 19.3 Å². The first-order chi connectivity index (χ1) is 11.1. The molecule has 0 bridgehead atoms. The van der Waals surface area contributed by atoms with Crippen molar-refractivity contribution in [2.75, 3.05) is 26.2 Å². The molecule has 3 atom stereocenters. The Bertz CT molecular complexity index is 434. The number of carbonyl (C=O) groups excluding carboxylic acids is 1. The fourth-order valence-corrected chi connectivity index (χ4v) is 3.01. The smallest absolute Gasteiger partial charge is 0.306 e. The van der Waals surface area contributed by atoms with Gasteiger partial charge in [0.2, 0.25) is 5.91 Å². The fraction of sp³-hybridized carbons (Fsp3) is 0.750. The van der Waals surface area contributed by atoms with Crippen molar-refractivity contribution in [3.05, 3.63) is 12.2 Å². The second kappa shape index (κ2) is 9.00. The van der Waals surface area contributed by atoms with Crippen LogP contribution in [0.25, 0.3) is 0 Å². The van der Waals surface area contributed by atoms with Gasteiger partial charge in [-0.1, -0.05) is 18.6 Å². The topological polar surface area (TPSA) is 99.1 Å². The van der Waals surface area contributed by atoms with Crippen LogP contribution in [0.15, 0.2) is 12.2 Å². The van der Waals surface area contributed by atoms with E-state index in [4.69, 9.17) is 9.84 Å². The maximum Gasteiger partial charge on any atom is 0.306 e. The summed E-state index contributed by atoms with van der Waals surface area (Å²) in [6.07, 6.45) is 6.10. The summed E-state index contributed by atoms with van der Waals surface area (Å²) in [6, 6.07) is -0.418. The third-order valence-corrected chi connectivity index (χ3v) is 4.27. The Morgan fingerprint density at radius 3 is 2.61 bits per heavy atom. The molecule has 130 valence electrons. The monoisotopic (exact) mass is 326 g/mol. The van der Waals surface area contributed by atoms with Crippen LogP contribution in [0.1, 0.15) is 32.1 Å². The fourth-order valence-electron chi connectivity index (χ4n) is 3.01. The molecule has 0 aromatic rings. The maximum absolute atomic E-state index is 12.1. The van der Waals surface area contributed by atoms with Crippen molar-refractivity contribution in [3.63, 3.8) is 0 Å². The summed E-state index contributed by atoms with van der Waals surface area (Å²) in [5.41, 5.74) is 0. The summed E-state index contributed by atoms with van der Waals surface area (Å²) in [4.78, 5) is 25.1. The van der Waals surface area contributed by atoms with Gasteiger partial charge in [-0.3, -0.25) is 9.59 Å². The molecule has 0 spiro atoms. The molecule has 0 radical (unpaired) electrons. The van der Waals surface area contributed by atoms with Crippen molar-refractivity contribution < 1.29 is 24.5 Å². The zero-order valence-electron chi connectivity index (χ0n) is 13.3. The molecule has 0 aromatic heterocycles. The highest BCUT2D eigenvalue weighted by atomic mass is 16.5. The average Bonchev–Trinajstić information content (AvgIpc) is 2.55. The van der Waals surface area contributed by atoms with Gasteiger partial charge in [0.25, 0.3) is 0 Å². The number of hydrogen-bond acceptors (Lipinski definition) is 5. The molecule has 0 unspecified atom stereocenters. The van der Waals surface area contributed by atoms with Gasteiger partial charge in [0.05, 0.1) is 25.2 Å². The number of rotatable bonds is 7. The van der Waals surface area contributed by atoms with Crippen molar-refractivity contribution in [3.8, 4) is 0 Å². The highest BCUT2D eigenvalue weighted by Crippen LogP contribution is 2.16. The van der Waals surface area contributed by atoms with Crippen molar-refractivity contribution >= 4 is 11.9 Å². The number of carboxylic acids is 1. The molecule has 0 aromatic carbocycles. The number of aliphatic hydroxyl groups is 1. The lowest BCUT2D eigenvalue weighted by molar-refractivity contribution is -0.142. The Morgan fingerprint density at radius 1 is 1.22 bits per heavy atom. The molecular formula is C16H26N2O5. The highest BCUT2D eigenvalue weighted by molar-refractivity contribution is 5.76. The first-order valence-corrected chi connectivity index (χ1v) is 8.26. The Labute approximate surface area is 136 Å². The van der Waals surface area contributed by atoms with E-state index in [0.29, 0.717) is 6.42 Å². The first kappa shape index (κ1) is 17.9. The predicted molar refractivity (Wildman–Crippen MR) is 84.0 cm³/mol. The van der Waals surface area contributed by atoms with E-state index in [2.05, 4.69) is 10.2 Å². The Balaban J connectivity index is 1.78. The second-order valence-corrected chi connectivity index (χ2v) is 6.12. The van der Waals surface area contributed by atoms with Gasteiger partial charge in [-0.25, -0.2) is 0 Å². The minimum absolute atomic E-state index is 0.0797. The lowest BCUT2D eigenvalue weighted by Crippen LogP contribution is -2.49. The van der Waals surface area contributed by atoms with Gasteiger partial charge in [-0.05, 0) is 25.9 Å². The lowest BCUT2D eigenvalue weighted by atomic mass is 10.0. The van der Waals surface area contributed by atoms with E-state index in [-0.39, 0.29) is 18.9 Å². The summed E-state index contributed by atoms with van der Waals surface area (Å²) in [6.45, 7) is 2.58. The Morgan fingerprint density at radius 2 is 1.96 bits per heavy atom. The van der Waals surface area contributed by atoms with Gasteiger partial charge in [0.15, 0.2) is 0 Å². The average molecular weight is 326 g/mol. The number of ether oxygens (including phenoxy) is 1. The van der Waals surface area contributed by atoms with Crippen molar-refractivity contribution in [2.24, 2.45) is 0 Å². The van der Waals surface area contributed by atoms with Crippen LogP contribution in [0.2, 0.25) is 0 Å². The van der Waals surface area contributed by atoms with Crippen molar-refractivity contribution in [1.82, 2.24) is 10.2 Å². The molecule has 7 nitrogen and oxygen atoms in total. The molecular weight excluding hydrogens is 300 g/mol. The molecule has 1 fully saturated rings. The van der Waals surface area contributed by atoms with Crippen LogP contribution >= 0.6 is 0 Å². The summed E-state index contributed by atoms with van der Waals surface area (Å²) in [7, 11) is 0. The van der Waals surface area contributed by atoms with Gasteiger partial charge >= 0.3 is 5.97 Å². The van der Waals surface area contributed by atoms with E-state index in [0.717, 1.165) is 19.6 Å². The van der Waals surface area contributed by atoms with E-state index >= 15 is 0 Å². The number of likely N-dealkylation sites (tertiary alicyclic amines) is 1. The van der Waals surface area contributed by atoms with Crippen LogP contribution in [0.5, 0.6) is 0 Å². The molecule has 2 rings (SSSR count). The van der Waals surface area contributed by atoms with E-state index in [1.807, 2.05) is 0 Å². The summed E-state index contributed by atoms with van der Waals surface area (Å²) >= 11 is 0. The molecule has 2 aliphatic rings. The number of aliphatic hydroxyl groups excluding tert-OH is 1. The number of hydrogen-bond donors (Lipinski definition) is 3. The number of carbonyl (C=O) groups is 2. The van der Waals surface area contributed by atoms with E-state index in [9.17, 15) is 14.7 Å². The number of carboxylic acid groups (broad SMARTS) is 1. The zero-order chi connectivity index (χ0) is 16.7. The molecule has 0 saturated carbocycles. The maximum atomic E-state index is 12.1. The number of nitrogens with zero attached hydrogens (tertiary/aromatic N) is 1. The molecule has 23 heavy (non-hydrogen) atoms. The van der Waals surface area contributed by atoms with Crippen LogP contribution in [0.3, 0.4) is 0 Å². The molecule has 2 aliphatic heterocycles. The van der Waals surface area contributed by atoms with Crippen LogP contribution in [0.4, 0.5) is 0 Å². The third-order valence-electron chi connectivity index (χ3n) is 4.27. The molecule has 1 saturated heterocycles. The Kier molecular flexibility index (Phi) is 7.01. The van der Waals surface area contributed by atoms with Crippen LogP contribution in [-0.2, 0) is 14.3 Å². The molecule has 0 aliphatic carbocycles. The van der Waals surface area contributed by atoms with Crippen LogP contribution in [-0.4, -0.2) is 71.5 Å². The zero-order valence-corrected chi connectivity index (χ0v) is 13.3. The Hall–Kier alpha value is -1.44. The number of piperidine rings is 1. The SMILES string of the molecule is O=C(O)C[C@@H]1C=C[C@@H](NC(=O)CCN2CCCCC2)[C@H](CO)O1. The first-order valence-electron chi connectivity index (χ1n) is 8.26. The second-order valence-electron chi connectivity index (χ2n) is 6.12. The lowest BCUT2D eigenvalue weighted by Gasteiger charge is -2.31. The quantitative estimate of drug-likeness (QED) is 0.576. The standard InChI is InChI=1S/C16H26N2O5/c19-11-14-13(5-4-12(23-14)10-16(21)22)17-15(20)6-9-18-7-2-1-3-8-18/h4-5,12-14,19H,1-3,6-11H2,(H,17,20)(H,21,22)/t12-,13+,14-/m0/s1. The third kappa shape index (κ3) is 5.93. The highest BCUT2D eigenvalue weighted by Gasteiger charge is 2.29. The number of amides is 1. The molecule has 7 heteroatoms. The summed E-state index contributed by atoms with van der Waals surface area (Å²) in [5, 5.41) is 21.0. The van der Waals surface area contributed by atoms with Crippen molar-refractivity contribution in [1.29, 1.82) is 0 Å². The van der Waals surface area contributed by atoms with Gasteiger partial charge in [0, 0.05) is 13.0 Å². The summed E-state index contributed by atoms with van der Waals surface area (Å²) in [5.74, 6) is -1.04. The molecule has 2 heterocycles. The largest absolute Gasteiger partial charge is 0.481 e.